The van der Waals surface area contributed by atoms with Gasteiger partial charge in [-0.3, -0.25) is 0 Å². The van der Waals surface area contributed by atoms with Crippen molar-refractivity contribution in [2.75, 3.05) is 19.8 Å². The minimum absolute atomic E-state index is 0.187. The maximum absolute atomic E-state index is 13.2. The van der Waals surface area contributed by atoms with Crippen LogP contribution in [0, 0.1) is 46.3 Å². The molecule has 46 heavy (non-hydrogen) atoms. The van der Waals surface area contributed by atoms with Crippen molar-refractivity contribution in [3.8, 4) is 0 Å². The highest BCUT2D eigenvalue weighted by atomic mass is 19.4. The van der Waals surface area contributed by atoms with Gasteiger partial charge in [-0.2, -0.15) is 13.2 Å². The molecule has 0 aromatic heterocycles. The summed E-state index contributed by atoms with van der Waals surface area (Å²) in [6.07, 6.45) is 22.4. The maximum atomic E-state index is 13.2. The summed E-state index contributed by atoms with van der Waals surface area (Å²) in [4.78, 5) is 0. The van der Waals surface area contributed by atoms with Crippen LogP contribution in [-0.4, -0.2) is 42.8 Å². The Hall–Kier alpha value is -0.330. The van der Waals surface area contributed by atoms with Crippen molar-refractivity contribution >= 4 is 0 Å². The normalized spacial score (nSPS) is 35.4. The van der Waals surface area contributed by atoms with E-state index in [0.29, 0.717) is 41.8 Å². The van der Waals surface area contributed by atoms with E-state index in [1.807, 2.05) is 0 Å². The zero-order valence-electron chi connectivity index (χ0n) is 30.4. The second-order valence-corrected chi connectivity index (χ2v) is 17.4. The average molecular weight is 657 g/mol. The Kier molecular flexibility index (Phi) is 14.3. The van der Waals surface area contributed by atoms with E-state index in [1.54, 1.807) is 0 Å². The highest BCUT2D eigenvalue weighted by molar-refractivity contribution is 5.09. The zero-order chi connectivity index (χ0) is 33.4. The SMILES string of the molecule is C[C@H](CCCOC(C)(C)C(F)(F)F)[C@H]1CC[C@H]2[C@@H]3CC[C@@H]4C[C@H](OCCCCCCCCCCCCO)CC[C@]4(C)[C@H]3CC[C@]12C. The number of unbranched alkanes of at least 4 members (excludes halogenated alkanes) is 9. The van der Waals surface area contributed by atoms with Crippen LogP contribution in [-0.2, 0) is 9.47 Å². The maximum Gasteiger partial charge on any atom is 0.416 e. The Morgan fingerprint density at radius 3 is 1.98 bits per heavy atom. The summed E-state index contributed by atoms with van der Waals surface area (Å²) in [6.45, 7) is 11.3. The number of hydrogen-bond acceptors (Lipinski definition) is 3. The summed E-state index contributed by atoms with van der Waals surface area (Å²) >= 11 is 0. The molecule has 0 heterocycles. The van der Waals surface area contributed by atoms with Gasteiger partial charge in [0.1, 0.15) is 0 Å². The molecule has 4 saturated carbocycles. The Balaban J connectivity index is 1.16. The third-order valence-electron chi connectivity index (χ3n) is 14.2. The largest absolute Gasteiger partial charge is 0.416 e. The van der Waals surface area contributed by atoms with E-state index >= 15 is 0 Å². The minimum Gasteiger partial charge on any atom is -0.396 e. The molecule has 9 atom stereocenters. The molecule has 3 nitrogen and oxygen atoms in total. The lowest BCUT2D eigenvalue weighted by atomic mass is 9.44. The van der Waals surface area contributed by atoms with Gasteiger partial charge in [0.15, 0.2) is 5.60 Å². The molecule has 0 amide bonds. The summed E-state index contributed by atoms with van der Waals surface area (Å²) in [6, 6.07) is 0. The molecule has 0 aromatic carbocycles. The molecule has 0 saturated heterocycles. The molecular weight excluding hydrogens is 585 g/mol. The van der Waals surface area contributed by atoms with Gasteiger partial charge < -0.3 is 14.6 Å². The van der Waals surface area contributed by atoms with Crippen LogP contribution in [0.25, 0.3) is 0 Å². The lowest BCUT2D eigenvalue weighted by Gasteiger charge is -2.61. The number of ether oxygens (including phenoxy) is 2. The summed E-state index contributed by atoms with van der Waals surface area (Å²) in [7, 11) is 0. The third kappa shape index (κ3) is 9.26. The van der Waals surface area contributed by atoms with Crippen LogP contribution >= 0.6 is 0 Å². The van der Waals surface area contributed by atoms with Crippen molar-refractivity contribution < 1.29 is 27.8 Å². The van der Waals surface area contributed by atoms with Crippen LogP contribution in [0.5, 0.6) is 0 Å². The average Bonchev–Trinajstić information content (AvgIpc) is 3.36. The number of hydrogen-bond donors (Lipinski definition) is 1. The molecule has 0 aromatic rings. The Morgan fingerprint density at radius 2 is 1.33 bits per heavy atom. The minimum atomic E-state index is -4.33. The lowest BCUT2D eigenvalue weighted by molar-refractivity contribution is -0.263. The molecule has 0 aliphatic heterocycles. The molecule has 4 rings (SSSR count). The van der Waals surface area contributed by atoms with Crippen molar-refractivity contribution in [2.24, 2.45) is 46.3 Å². The molecule has 0 bridgehead atoms. The number of rotatable bonds is 19. The Morgan fingerprint density at radius 1 is 0.717 bits per heavy atom. The molecule has 4 aliphatic carbocycles. The van der Waals surface area contributed by atoms with E-state index < -0.39 is 11.8 Å². The monoisotopic (exact) mass is 657 g/mol. The van der Waals surface area contributed by atoms with E-state index in [0.717, 1.165) is 57.0 Å². The van der Waals surface area contributed by atoms with Crippen LogP contribution in [0.2, 0.25) is 0 Å². The molecule has 0 unspecified atom stereocenters. The van der Waals surface area contributed by atoms with Gasteiger partial charge in [0, 0.05) is 19.8 Å². The lowest BCUT2D eigenvalue weighted by Crippen LogP contribution is -2.54. The fourth-order valence-electron chi connectivity index (χ4n) is 11.2. The summed E-state index contributed by atoms with van der Waals surface area (Å²) in [5.74, 6) is 4.56. The van der Waals surface area contributed by atoms with Gasteiger partial charge in [-0.05, 0) is 144 Å². The number of alkyl halides is 3. The number of fused-ring (bicyclic) bond motifs is 5. The highest BCUT2D eigenvalue weighted by Gasteiger charge is 2.60. The van der Waals surface area contributed by atoms with E-state index in [9.17, 15) is 13.2 Å². The molecule has 270 valence electrons. The Bertz CT molecular complexity index is 891. The van der Waals surface area contributed by atoms with Crippen molar-refractivity contribution in [3.05, 3.63) is 0 Å². The first-order valence-corrected chi connectivity index (χ1v) is 19.8. The van der Waals surface area contributed by atoms with E-state index in [1.165, 1.54) is 116 Å². The van der Waals surface area contributed by atoms with Crippen LogP contribution < -0.4 is 0 Å². The molecular formula is C40H71F3O3. The van der Waals surface area contributed by atoms with Gasteiger partial charge in [-0.25, -0.2) is 0 Å². The second kappa shape index (κ2) is 17.1. The Labute approximate surface area is 280 Å². The van der Waals surface area contributed by atoms with Crippen LogP contribution in [0.3, 0.4) is 0 Å². The summed E-state index contributed by atoms with van der Waals surface area (Å²) < 4.78 is 51.4. The highest BCUT2D eigenvalue weighted by Crippen LogP contribution is 2.68. The van der Waals surface area contributed by atoms with Gasteiger partial charge in [0.05, 0.1) is 6.10 Å². The molecule has 4 fully saturated rings. The quantitative estimate of drug-likeness (QED) is 0.141. The van der Waals surface area contributed by atoms with Crippen molar-refractivity contribution in [2.45, 2.75) is 187 Å². The van der Waals surface area contributed by atoms with Crippen molar-refractivity contribution in [1.29, 1.82) is 0 Å². The first-order chi connectivity index (χ1) is 21.8. The van der Waals surface area contributed by atoms with E-state index in [-0.39, 0.29) is 6.61 Å². The third-order valence-corrected chi connectivity index (χ3v) is 14.2. The van der Waals surface area contributed by atoms with Crippen LogP contribution in [0.4, 0.5) is 13.2 Å². The smallest absolute Gasteiger partial charge is 0.396 e. The molecule has 4 aliphatic rings. The van der Waals surface area contributed by atoms with Gasteiger partial charge in [0.25, 0.3) is 0 Å². The van der Waals surface area contributed by atoms with Gasteiger partial charge in [-0.15, -0.1) is 0 Å². The molecule has 1 N–H and O–H groups in total. The first kappa shape index (κ1) is 38.5. The van der Waals surface area contributed by atoms with Crippen LogP contribution in [0.1, 0.15) is 169 Å². The van der Waals surface area contributed by atoms with Crippen molar-refractivity contribution in [3.63, 3.8) is 0 Å². The fraction of sp³-hybridized carbons (Fsp3) is 1.00. The van der Waals surface area contributed by atoms with Crippen molar-refractivity contribution in [1.82, 2.24) is 0 Å². The fourth-order valence-corrected chi connectivity index (χ4v) is 11.2. The number of halogens is 3. The zero-order valence-corrected chi connectivity index (χ0v) is 30.4. The standard InChI is InChI=1S/C40H71F3O3/c1-30(17-16-28-46-37(2,3)40(41,42)43)34-20-21-35-33-19-18-31-29-32(22-24-38(31,4)36(33)23-25-39(34,35)5)45-27-15-13-11-9-7-6-8-10-12-14-26-44/h30-36,44H,6-29H2,1-5H3/t30-,31-,32-,33+,34-,35+,36+,38+,39-/m1/s1. The topological polar surface area (TPSA) is 38.7 Å². The molecule has 6 heteroatoms. The predicted molar refractivity (Wildman–Crippen MR) is 183 cm³/mol. The summed E-state index contributed by atoms with van der Waals surface area (Å²) in [5.41, 5.74) is -1.22. The number of aliphatic hydroxyl groups excluding tert-OH is 1. The number of aliphatic hydroxyl groups is 1. The van der Waals surface area contributed by atoms with Gasteiger partial charge in [-0.1, -0.05) is 72.1 Å². The van der Waals surface area contributed by atoms with Gasteiger partial charge >= 0.3 is 6.18 Å². The van der Waals surface area contributed by atoms with Crippen LogP contribution in [0.15, 0.2) is 0 Å². The van der Waals surface area contributed by atoms with E-state index in [2.05, 4.69) is 20.8 Å². The molecule has 0 spiro atoms. The van der Waals surface area contributed by atoms with Gasteiger partial charge in [0.2, 0.25) is 0 Å². The second-order valence-electron chi connectivity index (χ2n) is 17.4. The first-order valence-electron chi connectivity index (χ1n) is 19.8. The molecule has 0 radical (unpaired) electrons. The summed E-state index contributed by atoms with van der Waals surface area (Å²) in [5, 5.41) is 8.87. The predicted octanol–water partition coefficient (Wildman–Crippen LogP) is 11.7. The van der Waals surface area contributed by atoms with E-state index in [4.69, 9.17) is 14.6 Å².